The molecule has 0 aromatic rings. The lowest BCUT2D eigenvalue weighted by Crippen LogP contribution is -2.15. The Kier molecular flexibility index (Phi) is 7.51. The third-order valence-electron chi connectivity index (χ3n) is 2.16. The van der Waals surface area contributed by atoms with Crippen LogP contribution in [0.15, 0.2) is 0 Å². The normalized spacial score (nSPS) is 13.8. The molecule has 0 aliphatic rings. The van der Waals surface area contributed by atoms with Crippen LogP contribution >= 0.6 is 0 Å². The summed E-state index contributed by atoms with van der Waals surface area (Å²) in [7, 11) is 0. The van der Waals surface area contributed by atoms with E-state index in [1.807, 2.05) is 0 Å². The first-order chi connectivity index (χ1) is 5.72. The predicted molar refractivity (Wildman–Crippen MR) is 51.1 cm³/mol. The van der Waals surface area contributed by atoms with Gasteiger partial charge in [0.05, 0.1) is 0 Å². The van der Waals surface area contributed by atoms with Crippen LogP contribution in [0.25, 0.3) is 0 Å². The zero-order valence-corrected chi connectivity index (χ0v) is 8.55. The molecule has 1 N–H and O–H groups in total. The van der Waals surface area contributed by atoms with Gasteiger partial charge in [-0.3, -0.25) is 0 Å². The zero-order valence-electron chi connectivity index (χ0n) is 8.55. The van der Waals surface area contributed by atoms with Gasteiger partial charge in [-0.05, 0) is 24.7 Å². The molecule has 0 radical (unpaired) electrons. The molecule has 0 heterocycles. The van der Waals surface area contributed by atoms with E-state index in [9.17, 15) is 0 Å². The van der Waals surface area contributed by atoms with E-state index in [4.69, 9.17) is 9.84 Å². The molecule has 2 heteroatoms. The Balaban J connectivity index is 3.32. The molecular formula is C10H22O2. The first kappa shape index (κ1) is 11.9. The Bertz CT molecular complexity index is 91.8. The maximum absolute atomic E-state index is 9.00. The third kappa shape index (κ3) is 5.56. The molecule has 0 rings (SSSR count). The Morgan fingerprint density at radius 1 is 1.25 bits per heavy atom. The van der Waals surface area contributed by atoms with Gasteiger partial charge in [-0.2, -0.15) is 0 Å². The molecule has 74 valence electrons. The zero-order chi connectivity index (χ0) is 9.40. The minimum absolute atomic E-state index is 0.285. The molecular weight excluding hydrogens is 152 g/mol. The summed E-state index contributed by atoms with van der Waals surface area (Å²) in [5, 5.41) is 9.00. The van der Waals surface area contributed by atoms with Crippen molar-refractivity contribution in [3.63, 3.8) is 0 Å². The van der Waals surface area contributed by atoms with Crippen LogP contribution in [0.2, 0.25) is 0 Å². The summed E-state index contributed by atoms with van der Waals surface area (Å²) in [6.45, 7) is 8.30. The highest BCUT2D eigenvalue weighted by atomic mass is 16.5. The van der Waals surface area contributed by atoms with Crippen LogP contribution in [0, 0.1) is 11.8 Å². The first-order valence-corrected chi connectivity index (χ1v) is 4.91. The fraction of sp³-hybridized carbons (Fsp3) is 1.00. The van der Waals surface area contributed by atoms with Crippen molar-refractivity contribution in [2.75, 3.05) is 19.8 Å². The summed E-state index contributed by atoms with van der Waals surface area (Å²) >= 11 is 0. The van der Waals surface area contributed by atoms with Crippen LogP contribution < -0.4 is 0 Å². The lowest BCUT2D eigenvalue weighted by molar-refractivity contribution is 0.0939. The molecule has 2 nitrogen and oxygen atoms in total. The average molecular weight is 174 g/mol. The second-order valence-corrected chi connectivity index (χ2v) is 3.59. The summed E-state index contributed by atoms with van der Waals surface area (Å²) < 4.78 is 5.35. The Labute approximate surface area is 75.9 Å². The molecule has 0 aliphatic carbocycles. The van der Waals surface area contributed by atoms with Crippen molar-refractivity contribution in [2.24, 2.45) is 11.8 Å². The topological polar surface area (TPSA) is 29.5 Å². The smallest absolute Gasteiger partial charge is 0.0469 e. The third-order valence-corrected chi connectivity index (χ3v) is 2.16. The summed E-state index contributed by atoms with van der Waals surface area (Å²) in [6.07, 6.45) is 2.06. The Morgan fingerprint density at radius 3 is 2.33 bits per heavy atom. The fourth-order valence-electron chi connectivity index (χ4n) is 1.12. The standard InChI is InChI=1S/C10H22O2/c1-4-6-12-7-5-10(8-11)9(2)3/h9-11H,4-8H2,1-3H3. The van der Waals surface area contributed by atoms with E-state index in [0.29, 0.717) is 11.8 Å². The van der Waals surface area contributed by atoms with Gasteiger partial charge in [-0.1, -0.05) is 20.8 Å². The maximum atomic E-state index is 9.00. The second-order valence-electron chi connectivity index (χ2n) is 3.59. The van der Waals surface area contributed by atoms with Crippen LogP contribution in [0.1, 0.15) is 33.6 Å². The van der Waals surface area contributed by atoms with Gasteiger partial charge in [-0.25, -0.2) is 0 Å². The van der Waals surface area contributed by atoms with E-state index in [0.717, 1.165) is 26.1 Å². The van der Waals surface area contributed by atoms with Crippen LogP contribution in [0.5, 0.6) is 0 Å². The van der Waals surface area contributed by atoms with Crippen molar-refractivity contribution in [1.29, 1.82) is 0 Å². The van der Waals surface area contributed by atoms with Crippen LogP contribution in [0.3, 0.4) is 0 Å². The van der Waals surface area contributed by atoms with Gasteiger partial charge < -0.3 is 9.84 Å². The van der Waals surface area contributed by atoms with Crippen LogP contribution in [0.4, 0.5) is 0 Å². The summed E-state index contributed by atoms with van der Waals surface area (Å²) in [5.74, 6) is 0.960. The number of hydrogen-bond acceptors (Lipinski definition) is 2. The summed E-state index contributed by atoms with van der Waals surface area (Å²) in [4.78, 5) is 0. The highest BCUT2D eigenvalue weighted by molar-refractivity contribution is 4.60. The molecule has 0 aromatic carbocycles. The summed E-state index contributed by atoms with van der Waals surface area (Å²) in [5.41, 5.74) is 0. The number of rotatable bonds is 7. The molecule has 0 bridgehead atoms. The van der Waals surface area contributed by atoms with Gasteiger partial charge in [0.1, 0.15) is 0 Å². The largest absolute Gasteiger partial charge is 0.396 e. The van der Waals surface area contributed by atoms with Crippen molar-refractivity contribution in [3.8, 4) is 0 Å². The highest BCUT2D eigenvalue weighted by Crippen LogP contribution is 2.13. The first-order valence-electron chi connectivity index (χ1n) is 4.91. The monoisotopic (exact) mass is 174 g/mol. The Hall–Kier alpha value is -0.0800. The van der Waals surface area contributed by atoms with Crippen molar-refractivity contribution in [2.45, 2.75) is 33.6 Å². The molecule has 0 spiro atoms. The quantitative estimate of drug-likeness (QED) is 0.599. The fourth-order valence-corrected chi connectivity index (χ4v) is 1.12. The molecule has 0 saturated heterocycles. The van der Waals surface area contributed by atoms with E-state index in [2.05, 4.69) is 20.8 Å². The van der Waals surface area contributed by atoms with Crippen molar-refractivity contribution >= 4 is 0 Å². The van der Waals surface area contributed by atoms with Gasteiger partial charge >= 0.3 is 0 Å². The summed E-state index contributed by atoms with van der Waals surface area (Å²) in [6, 6.07) is 0. The van der Waals surface area contributed by atoms with E-state index in [1.165, 1.54) is 0 Å². The van der Waals surface area contributed by atoms with Crippen LogP contribution in [-0.2, 0) is 4.74 Å². The molecule has 1 unspecified atom stereocenters. The van der Waals surface area contributed by atoms with E-state index in [1.54, 1.807) is 0 Å². The van der Waals surface area contributed by atoms with Gasteiger partial charge in [0.2, 0.25) is 0 Å². The molecule has 0 amide bonds. The van der Waals surface area contributed by atoms with E-state index in [-0.39, 0.29) is 6.61 Å². The van der Waals surface area contributed by atoms with Gasteiger partial charge in [-0.15, -0.1) is 0 Å². The highest BCUT2D eigenvalue weighted by Gasteiger charge is 2.11. The second kappa shape index (κ2) is 7.56. The molecule has 0 aromatic heterocycles. The maximum Gasteiger partial charge on any atom is 0.0469 e. The number of hydrogen-bond donors (Lipinski definition) is 1. The SMILES string of the molecule is CCCOCCC(CO)C(C)C. The molecule has 0 fully saturated rings. The lowest BCUT2D eigenvalue weighted by atomic mass is 9.94. The van der Waals surface area contributed by atoms with E-state index >= 15 is 0 Å². The molecule has 0 aliphatic heterocycles. The van der Waals surface area contributed by atoms with Gasteiger partial charge in [0, 0.05) is 19.8 Å². The Morgan fingerprint density at radius 2 is 1.92 bits per heavy atom. The van der Waals surface area contributed by atoms with Crippen LogP contribution in [-0.4, -0.2) is 24.9 Å². The molecule has 0 saturated carbocycles. The number of ether oxygens (including phenoxy) is 1. The van der Waals surface area contributed by atoms with Crippen molar-refractivity contribution in [1.82, 2.24) is 0 Å². The van der Waals surface area contributed by atoms with Crippen molar-refractivity contribution in [3.05, 3.63) is 0 Å². The lowest BCUT2D eigenvalue weighted by Gasteiger charge is -2.17. The molecule has 1 atom stereocenters. The predicted octanol–water partition coefficient (Wildman–Crippen LogP) is 2.07. The minimum Gasteiger partial charge on any atom is -0.396 e. The minimum atomic E-state index is 0.285. The molecule has 12 heavy (non-hydrogen) atoms. The van der Waals surface area contributed by atoms with E-state index < -0.39 is 0 Å². The number of aliphatic hydroxyl groups is 1. The van der Waals surface area contributed by atoms with Gasteiger partial charge in [0.15, 0.2) is 0 Å². The van der Waals surface area contributed by atoms with Gasteiger partial charge in [0.25, 0.3) is 0 Å². The van der Waals surface area contributed by atoms with Crippen molar-refractivity contribution < 1.29 is 9.84 Å². The average Bonchev–Trinajstić information content (AvgIpc) is 2.04. The number of aliphatic hydroxyl groups excluding tert-OH is 1.